The van der Waals surface area contributed by atoms with Crippen LogP contribution in [-0.4, -0.2) is 71.1 Å². The third kappa shape index (κ3) is 4.64. The monoisotopic (exact) mass is 430 g/mol. The first-order chi connectivity index (χ1) is 14.7. The molecule has 0 radical (unpaired) electrons. The Labute approximate surface area is 177 Å². The molecule has 0 bridgehead atoms. The Morgan fingerprint density at radius 3 is 2.61 bits per heavy atom. The van der Waals surface area contributed by atoms with Gasteiger partial charge in [-0.05, 0) is 44.4 Å². The zero-order valence-corrected chi connectivity index (χ0v) is 17.3. The molecule has 1 N–H and O–H groups in total. The number of nitriles is 1. The molecule has 3 rings (SSSR count). The summed E-state index contributed by atoms with van der Waals surface area (Å²) in [6, 6.07) is 2.12. The molecule has 3 aliphatic rings. The van der Waals surface area contributed by atoms with Gasteiger partial charge in [-0.15, -0.1) is 10.2 Å². The molecule has 1 aliphatic carbocycles. The molecule has 2 aliphatic heterocycles. The van der Waals surface area contributed by atoms with Gasteiger partial charge in [0.15, 0.2) is 5.71 Å². The van der Waals surface area contributed by atoms with E-state index in [0.29, 0.717) is 0 Å². The standard InChI is InChI=1S/C20H21F3N8/c1-4-31-12(2)5-6-13-7-15(14(8-17(13)31)26-11-20(21,22)23)28-29-19-27-16(9-24)18(10-25)30(19)3/h7-8,12,25H,4-6,11H2,1-3H3. The molecule has 162 valence electrons. The first-order valence-electron chi connectivity index (χ1n) is 9.67. The highest BCUT2D eigenvalue weighted by Gasteiger charge is 2.31. The van der Waals surface area contributed by atoms with Crippen molar-refractivity contribution >= 4 is 29.0 Å². The molecule has 1 fully saturated rings. The van der Waals surface area contributed by atoms with Gasteiger partial charge < -0.3 is 9.80 Å². The van der Waals surface area contributed by atoms with Crippen LogP contribution in [0.5, 0.6) is 0 Å². The van der Waals surface area contributed by atoms with E-state index >= 15 is 0 Å². The predicted molar refractivity (Wildman–Crippen MR) is 113 cm³/mol. The normalized spacial score (nSPS) is 25.3. The van der Waals surface area contributed by atoms with Gasteiger partial charge in [-0.3, -0.25) is 10.4 Å². The first kappa shape index (κ1) is 22.2. The number of alkyl halides is 3. The van der Waals surface area contributed by atoms with Crippen molar-refractivity contribution in [2.24, 2.45) is 20.2 Å². The molecule has 1 atom stereocenters. The summed E-state index contributed by atoms with van der Waals surface area (Å²) in [5, 5.41) is 24.5. The highest BCUT2D eigenvalue weighted by atomic mass is 19.4. The summed E-state index contributed by atoms with van der Waals surface area (Å²) in [5.41, 5.74) is 2.19. The average molecular weight is 430 g/mol. The van der Waals surface area contributed by atoms with E-state index in [2.05, 4.69) is 37.9 Å². The van der Waals surface area contributed by atoms with Gasteiger partial charge in [-0.25, -0.2) is 0 Å². The number of aliphatic imine (C=N–C) groups is 2. The number of hydrogen-bond acceptors (Lipinski definition) is 6. The summed E-state index contributed by atoms with van der Waals surface area (Å²) in [5.74, 6) is 2.15. The Hall–Kier alpha value is -3.51. The van der Waals surface area contributed by atoms with E-state index in [1.165, 1.54) is 4.90 Å². The van der Waals surface area contributed by atoms with Crippen molar-refractivity contribution in [1.82, 2.24) is 9.80 Å². The minimum Gasteiger partial charge on any atom is -0.369 e. The van der Waals surface area contributed by atoms with Crippen LogP contribution < -0.4 is 0 Å². The van der Waals surface area contributed by atoms with Crippen LogP contribution >= 0.6 is 0 Å². The number of nitrogens with one attached hydrogen (secondary N) is 1. The summed E-state index contributed by atoms with van der Waals surface area (Å²) < 4.78 is 38.5. The Kier molecular flexibility index (Phi) is 6.22. The van der Waals surface area contributed by atoms with Crippen molar-refractivity contribution in [1.29, 1.82) is 10.7 Å². The Morgan fingerprint density at radius 1 is 1.29 bits per heavy atom. The molecule has 11 heteroatoms. The number of likely N-dealkylation sites (N-methyl/N-ethyl adjacent to an activating group) is 1. The van der Waals surface area contributed by atoms with Crippen LogP contribution in [0.25, 0.3) is 0 Å². The number of allylic oxidation sites excluding steroid dienone is 4. The minimum atomic E-state index is -4.45. The maximum atomic E-state index is 12.8. The Balaban J connectivity index is 2.04. The van der Waals surface area contributed by atoms with Gasteiger partial charge >= 0.3 is 6.18 Å². The molecule has 0 aromatic heterocycles. The molecule has 0 amide bonds. The predicted octanol–water partition coefficient (Wildman–Crippen LogP) is 3.07. The second-order valence-electron chi connectivity index (χ2n) is 7.18. The lowest BCUT2D eigenvalue weighted by Gasteiger charge is -2.39. The van der Waals surface area contributed by atoms with E-state index in [-0.39, 0.29) is 34.8 Å². The Morgan fingerprint density at radius 2 is 2.03 bits per heavy atom. The topological polar surface area (TPSA) is 104 Å². The first-order valence-corrected chi connectivity index (χ1v) is 9.67. The second kappa shape index (κ2) is 8.70. The van der Waals surface area contributed by atoms with Crippen LogP contribution in [0.15, 0.2) is 49.3 Å². The van der Waals surface area contributed by atoms with E-state index < -0.39 is 12.7 Å². The SMILES string of the molecule is CCN1C2=CC(=NCC(F)(F)F)C(=NN=C3N=C(C#N)C(=C=N)N3C)C=C2CCC1C. The smallest absolute Gasteiger partial charge is 0.369 e. The van der Waals surface area contributed by atoms with Crippen molar-refractivity contribution in [3.8, 4) is 6.07 Å². The molecule has 1 saturated heterocycles. The van der Waals surface area contributed by atoms with Crippen LogP contribution in [0, 0.1) is 16.7 Å². The largest absolute Gasteiger partial charge is 0.407 e. The zero-order valence-electron chi connectivity index (χ0n) is 17.3. The summed E-state index contributed by atoms with van der Waals surface area (Å²) in [7, 11) is 1.54. The van der Waals surface area contributed by atoms with Crippen molar-refractivity contribution in [3.05, 3.63) is 29.1 Å². The summed E-state index contributed by atoms with van der Waals surface area (Å²) in [4.78, 5) is 11.2. The fraction of sp³-hybridized carbons (Fsp3) is 0.450. The van der Waals surface area contributed by atoms with E-state index in [9.17, 15) is 13.2 Å². The van der Waals surface area contributed by atoms with Crippen molar-refractivity contribution in [2.75, 3.05) is 20.1 Å². The number of rotatable bonds is 3. The van der Waals surface area contributed by atoms with E-state index in [1.54, 1.807) is 19.2 Å². The fourth-order valence-electron chi connectivity index (χ4n) is 3.59. The summed E-state index contributed by atoms with van der Waals surface area (Å²) in [6.07, 6.45) is 0.575. The lowest BCUT2D eigenvalue weighted by atomic mass is 9.89. The molecule has 8 nitrogen and oxygen atoms in total. The summed E-state index contributed by atoms with van der Waals surface area (Å²) in [6.45, 7) is 3.47. The van der Waals surface area contributed by atoms with Crippen LogP contribution in [0.3, 0.4) is 0 Å². The number of likely N-dealkylation sites (tertiary alicyclic amines) is 1. The number of halogens is 3. The molecule has 2 heterocycles. The van der Waals surface area contributed by atoms with Gasteiger partial charge in [0.25, 0.3) is 5.96 Å². The molecule has 1 unspecified atom stereocenters. The zero-order chi connectivity index (χ0) is 22.8. The van der Waals surface area contributed by atoms with E-state index in [0.717, 1.165) is 30.7 Å². The fourth-order valence-corrected chi connectivity index (χ4v) is 3.59. The molecule has 0 aromatic rings. The lowest BCUT2D eigenvalue weighted by molar-refractivity contribution is -0.118. The maximum Gasteiger partial charge on any atom is 0.407 e. The number of piperidine rings is 1. The lowest BCUT2D eigenvalue weighted by Crippen LogP contribution is -2.39. The molecule has 0 aromatic carbocycles. The van der Waals surface area contributed by atoms with Gasteiger partial charge in [0.2, 0.25) is 0 Å². The third-order valence-electron chi connectivity index (χ3n) is 5.16. The second-order valence-corrected chi connectivity index (χ2v) is 7.18. The molecular formula is C20H21F3N8. The molecule has 0 spiro atoms. The Bertz CT molecular complexity index is 1050. The maximum absolute atomic E-state index is 12.8. The number of guanidine groups is 1. The van der Waals surface area contributed by atoms with Crippen molar-refractivity contribution in [2.45, 2.75) is 38.9 Å². The van der Waals surface area contributed by atoms with Crippen molar-refractivity contribution in [3.63, 3.8) is 0 Å². The number of fused-ring (bicyclic) bond motifs is 1. The third-order valence-corrected chi connectivity index (χ3v) is 5.16. The van der Waals surface area contributed by atoms with Crippen LogP contribution in [-0.2, 0) is 0 Å². The molecular weight excluding hydrogens is 409 g/mol. The van der Waals surface area contributed by atoms with Gasteiger partial charge in [0.05, 0.1) is 5.71 Å². The quantitative estimate of drug-likeness (QED) is 0.423. The van der Waals surface area contributed by atoms with E-state index in [1.807, 2.05) is 13.0 Å². The van der Waals surface area contributed by atoms with Crippen molar-refractivity contribution < 1.29 is 13.2 Å². The molecule has 0 saturated carbocycles. The van der Waals surface area contributed by atoms with Gasteiger partial charge in [-0.2, -0.15) is 23.4 Å². The highest BCUT2D eigenvalue weighted by Crippen LogP contribution is 2.33. The van der Waals surface area contributed by atoms with Gasteiger partial charge in [-0.1, -0.05) is 0 Å². The van der Waals surface area contributed by atoms with Crippen LogP contribution in [0.2, 0.25) is 0 Å². The summed E-state index contributed by atoms with van der Waals surface area (Å²) >= 11 is 0. The molecule has 31 heavy (non-hydrogen) atoms. The van der Waals surface area contributed by atoms with E-state index in [4.69, 9.17) is 10.7 Å². The number of nitrogens with zero attached hydrogens (tertiary/aromatic N) is 7. The van der Waals surface area contributed by atoms with Crippen LogP contribution in [0.1, 0.15) is 26.7 Å². The van der Waals surface area contributed by atoms with Gasteiger partial charge in [0, 0.05) is 31.2 Å². The minimum absolute atomic E-state index is 0.0357. The number of hydrogen-bond donors (Lipinski definition) is 1. The highest BCUT2D eigenvalue weighted by molar-refractivity contribution is 6.51. The average Bonchev–Trinajstić information content (AvgIpc) is 3.04. The van der Waals surface area contributed by atoms with Gasteiger partial charge in [0.1, 0.15) is 24.0 Å². The van der Waals surface area contributed by atoms with Crippen LogP contribution in [0.4, 0.5) is 13.2 Å².